The van der Waals surface area contributed by atoms with Crippen molar-refractivity contribution < 1.29 is 17.9 Å². The molecule has 8 nitrogen and oxygen atoms in total. The van der Waals surface area contributed by atoms with E-state index in [1.54, 1.807) is 19.1 Å². The molecule has 0 saturated heterocycles. The first-order valence-corrected chi connectivity index (χ1v) is 13.8. The van der Waals surface area contributed by atoms with E-state index in [0.717, 1.165) is 26.8 Å². The second kappa shape index (κ2) is 10.7. The highest BCUT2D eigenvalue weighted by atomic mass is 32.2. The van der Waals surface area contributed by atoms with Crippen molar-refractivity contribution in [3.05, 3.63) is 50.9 Å². The third-order valence-corrected chi connectivity index (χ3v) is 8.89. The fraction of sp³-hybridized carbons (Fsp3) is 0.409. The van der Waals surface area contributed by atoms with Crippen molar-refractivity contribution in [1.29, 1.82) is 0 Å². The normalized spacial score (nSPS) is 11.6. The number of nitrogens with zero attached hydrogens (tertiary/aromatic N) is 2. The number of benzene rings is 1. The van der Waals surface area contributed by atoms with Crippen LogP contribution in [0.1, 0.15) is 42.3 Å². The maximum absolute atomic E-state index is 12.9. The van der Waals surface area contributed by atoms with Crippen LogP contribution in [-0.2, 0) is 19.6 Å². The Balaban J connectivity index is 1.86. The lowest BCUT2D eigenvalue weighted by Crippen LogP contribution is -2.17. The number of fused-ring (bicyclic) bond motifs is 1. The molecule has 1 aromatic rings. The van der Waals surface area contributed by atoms with Crippen LogP contribution in [0.5, 0.6) is 0 Å². The Kier molecular flexibility index (Phi) is 8.19. The Hall–Kier alpha value is -2.37. The summed E-state index contributed by atoms with van der Waals surface area (Å²) in [5.74, 6) is 0.518. The molecular weight excluding hydrogens is 482 g/mol. The van der Waals surface area contributed by atoms with Crippen LogP contribution >= 0.6 is 23.1 Å². The van der Waals surface area contributed by atoms with Gasteiger partial charge in [0.2, 0.25) is 0 Å². The number of imidazole rings is 1. The molecule has 3 rings (SSSR count). The van der Waals surface area contributed by atoms with Crippen LogP contribution in [0.4, 0.5) is 5.82 Å². The van der Waals surface area contributed by atoms with Gasteiger partial charge in [0.1, 0.15) is 5.69 Å². The van der Waals surface area contributed by atoms with Gasteiger partial charge in [0, 0.05) is 17.0 Å². The lowest BCUT2D eigenvalue weighted by molar-refractivity contribution is -0.143. The molecule has 2 heterocycles. The van der Waals surface area contributed by atoms with Gasteiger partial charge < -0.3 is 4.74 Å². The van der Waals surface area contributed by atoms with Gasteiger partial charge in [-0.2, -0.15) is 4.98 Å². The SMILES string of the molecule is CCOC(=O)CCCCSc1sc(C)c(C)n2c(=O)nc(NS(=O)(=O)c3ccc(C)cc3)c1-2. The molecule has 0 fully saturated rings. The van der Waals surface area contributed by atoms with E-state index in [2.05, 4.69) is 9.71 Å². The van der Waals surface area contributed by atoms with Gasteiger partial charge in [-0.25, -0.2) is 13.2 Å². The van der Waals surface area contributed by atoms with E-state index in [1.165, 1.54) is 39.8 Å². The van der Waals surface area contributed by atoms with Gasteiger partial charge in [0.25, 0.3) is 10.0 Å². The van der Waals surface area contributed by atoms with Crippen molar-refractivity contribution in [2.24, 2.45) is 0 Å². The quantitative estimate of drug-likeness (QED) is 0.247. The van der Waals surface area contributed by atoms with E-state index in [4.69, 9.17) is 4.74 Å². The minimum atomic E-state index is -3.91. The van der Waals surface area contributed by atoms with E-state index < -0.39 is 15.7 Å². The van der Waals surface area contributed by atoms with Crippen molar-refractivity contribution in [2.75, 3.05) is 17.1 Å². The van der Waals surface area contributed by atoms with Gasteiger partial charge in [-0.3, -0.25) is 14.1 Å². The molecule has 0 atom stereocenters. The number of unbranched alkanes of at least 4 members (excludes halogenated alkanes) is 1. The molecule has 0 radical (unpaired) electrons. The first-order chi connectivity index (χ1) is 15.6. The lowest BCUT2D eigenvalue weighted by atomic mass is 10.2. The fourth-order valence-electron chi connectivity index (χ4n) is 3.16. The molecule has 0 unspecified atom stereocenters. The maximum Gasteiger partial charge on any atom is 0.354 e. The third kappa shape index (κ3) is 5.96. The summed E-state index contributed by atoms with van der Waals surface area (Å²) in [5, 5.41) is 0. The summed E-state index contributed by atoms with van der Waals surface area (Å²) in [6, 6.07) is 6.47. The zero-order valence-corrected chi connectivity index (χ0v) is 21.5. The molecule has 0 aromatic heterocycles. The number of aromatic nitrogens is 2. The highest BCUT2D eigenvalue weighted by Gasteiger charge is 2.26. The van der Waals surface area contributed by atoms with E-state index in [0.29, 0.717) is 30.9 Å². The van der Waals surface area contributed by atoms with Gasteiger partial charge in [0.15, 0.2) is 5.82 Å². The van der Waals surface area contributed by atoms with Crippen LogP contribution in [0.25, 0.3) is 5.69 Å². The molecular formula is C22H27N3O5S3. The van der Waals surface area contributed by atoms with Gasteiger partial charge in [0.05, 0.1) is 15.7 Å². The number of sulfonamides is 1. The molecule has 1 aromatic carbocycles. The minimum Gasteiger partial charge on any atom is -0.466 e. The first kappa shape index (κ1) is 25.3. The van der Waals surface area contributed by atoms with Gasteiger partial charge in [-0.1, -0.05) is 17.7 Å². The van der Waals surface area contributed by atoms with Crippen LogP contribution in [0, 0.1) is 20.8 Å². The average Bonchev–Trinajstić information content (AvgIpc) is 3.07. The lowest BCUT2D eigenvalue weighted by Gasteiger charge is -2.16. The highest BCUT2D eigenvalue weighted by Crippen LogP contribution is 2.38. The Morgan fingerprint density at radius 1 is 1.18 bits per heavy atom. The molecule has 2 aliphatic rings. The predicted molar refractivity (Wildman–Crippen MR) is 132 cm³/mol. The van der Waals surface area contributed by atoms with Gasteiger partial charge in [-0.15, -0.1) is 23.1 Å². The standard InChI is InChI=1S/C22H27N3O5S3/c1-5-30-18(26)8-6-7-13-31-21-19-20(23-22(27)25(19)15(3)16(4)32-21)24-33(28,29)17-11-9-14(2)10-12-17/h9-12H,5-8,13H2,1-4H3,(H,23,24,27). The Labute approximate surface area is 201 Å². The maximum atomic E-state index is 12.9. The number of esters is 1. The van der Waals surface area contributed by atoms with Crippen molar-refractivity contribution in [2.45, 2.75) is 56.1 Å². The molecule has 0 aliphatic carbocycles. The molecule has 2 aliphatic heterocycles. The van der Waals surface area contributed by atoms with Gasteiger partial charge in [-0.05, 0) is 58.4 Å². The zero-order chi connectivity index (χ0) is 24.2. The monoisotopic (exact) mass is 509 g/mol. The molecule has 0 amide bonds. The van der Waals surface area contributed by atoms with E-state index in [1.807, 2.05) is 20.8 Å². The number of ether oxygens (including phenoxy) is 1. The zero-order valence-electron chi connectivity index (χ0n) is 19.0. The summed E-state index contributed by atoms with van der Waals surface area (Å²) in [6.45, 7) is 7.75. The summed E-state index contributed by atoms with van der Waals surface area (Å²) < 4.78 is 35.6. The number of rotatable bonds is 10. The summed E-state index contributed by atoms with van der Waals surface area (Å²) in [7, 11) is -3.91. The van der Waals surface area contributed by atoms with Crippen LogP contribution in [0.15, 0.2) is 38.2 Å². The number of carbonyl (C=O) groups excluding carboxylic acids is 1. The fourth-order valence-corrected chi connectivity index (χ4v) is 6.69. The molecule has 0 saturated carbocycles. The van der Waals surface area contributed by atoms with Crippen molar-refractivity contribution in [3.63, 3.8) is 0 Å². The van der Waals surface area contributed by atoms with E-state index in [9.17, 15) is 18.0 Å². The molecule has 0 bridgehead atoms. The van der Waals surface area contributed by atoms with Crippen LogP contribution < -0.4 is 10.4 Å². The smallest absolute Gasteiger partial charge is 0.354 e. The predicted octanol–water partition coefficient (Wildman–Crippen LogP) is 4.28. The average molecular weight is 510 g/mol. The number of hydrogen-bond donors (Lipinski definition) is 1. The molecule has 33 heavy (non-hydrogen) atoms. The molecule has 1 N–H and O–H groups in total. The van der Waals surface area contributed by atoms with E-state index in [-0.39, 0.29) is 16.7 Å². The molecule has 11 heteroatoms. The summed E-state index contributed by atoms with van der Waals surface area (Å²) in [4.78, 5) is 29.2. The van der Waals surface area contributed by atoms with Crippen LogP contribution in [-0.4, -0.2) is 36.3 Å². The minimum absolute atomic E-state index is 0.0222. The number of aryl methyl sites for hydroxylation is 2. The van der Waals surface area contributed by atoms with Crippen LogP contribution in [0.3, 0.4) is 0 Å². The number of carbonyl (C=O) groups is 1. The van der Waals surface area contributed by atoms with Crippen molar-refractivity contribution >= 4 is 44.9 Å². The first-order valence-electron chi connectivity index (χ1n) is 10.5. The summed E-state index contributed by atoms with van der Waals surface area (Å²) in [5.41, 5.74) is 1.60. The Morgan fingerprint density at radius 3 is 2.55 bits per heavy atom. The molecule has 178 valence electrons. The second-order valence-corrected chi connectivity index (χ2v) is 11.8. The largest absolute Gasteiger partial charge is 0.466 e. The van der Waals surface area contributed by atoms with Gasteiger partial charge >= 0.3 is 11.7 Å². The Bertz CT molecular complexity index is 1260. The summed E-state index contributed by atoms with van der Waals surface area (Å²) >= 11 is 3.01. The second-order valence-electron chi connectivity index (χ2n) is 7.49. The van der Waals surface area contributed by atoms with Crippen LogP contribution in [0.2, 0.25) is 0 Å². The number of nitrogens with one attached hydrogen (secondary N) is 1. The highest BCUT2D eigenvalue weighted by molar-refractivity contribution is 8.01. The number of hydrogen-bond acceptors (Lipinski definition) is 8. The van der Waals surface area contributed by atoms with Crippen molar-refractivity contribution in [1.82, 2.24) is 9.55 Å². The number of anilines is 1. The van der Waals surface area contributed by atoms with E-state index >= 15 is 0 Å². The van der Waals surface area contributed by atoms with Crippen molar-refractivity contribution in [3.8, 4) is 5.69 Å². The third-order valence-electron chi connectivity index (χ3n) is 5.01. The topological polar surface area (TPSA) is 107 Å². The molecule has 0 spiro atoms. The Morgan fingerprint density at radius 2 is 1.88 bits per heavy atom. The number of thioether (sulfide) groups is 1. The summed E-state index contributed by atoms with van der Waals surface area (Å²) in [6.07, 6.45) is 1.83.